The van der Waals surface area contributed by atoms with Crippen molar-refractivity contribution in [3.05, 3.63) is 63.9 Å². The summed E-state index contributed by atoms with van der Waals surface area (Å²) in [5.74, 6) is -0.289. The topological polar surface area (TPSA) is 32.3 Å². The molecule has 1 atom stereocenters. The highest BCUT2D eigenvalue weighted by molar-refractivity contribution is 9.10. The van der Waals surface area contributed by atoms with E-state index in [1.165, 1.54) is 6.07 Å². The average molecular weight is 338 g/mol. The SMILES string of the molecule is Cc1cc(F)c(Br)cc1NCC(C)(O)c1ccccc1. The van der Waals surface area contributed by atoms with Gasteiger partial charge in [0.25, 0.3) is 0 Å². The zero-order valence-electron chi connectivity index (χ0n) is 11.5. The highest BCUT2D eigenvalue weighted by Crippen LogP contribution is 2.26. The molecule has 0 aliphatic carbocycles. The van der Waals surface area contributed by atoms with E-state index in [9.17, 15) is 9.50 Å². The maximum absolute atomic E-state index is 13.4. The van der Waals surface area contributed by atoms with Gasteiger partial charge in [-0.25, -0.2) is 4.39 Å². The first-order valence-electron chi connectivity index (χ1n) is 6.37. The van der Waals surface area contributed by atoms with E-state index in [1.54, 1.807) is 13.0 Å². The Morgan fingerprint density at radius 1 is 1.25 bits per heavy atom. The van der Waals surface area contributed by atoms with Crippen LogP contribution in [0, 0.1) is 12.7 Å². The summed E-state index contributed by atoms with van der Waals surface area (Å²) in [6, 6.07) is 12.6. The zero-order valence-corrected chi connectivity index (χ0v) is 13.0. The van der Waals surface area contributed by atoms with E-state index in [2.05, 4.69) is 21.2 Å². The average Bonchev–Trinajstić information content (AvgIpc) is 2.42. The van der Waals surface area contributed by atoms with Crippen LogP contribution in [-0.2, 0) is 5.60 Å². The van der Waals surface area contributed by atoms with Crippen molar-refractivity contribution in [3.8, 4) is 0 Å². The van der Waals surface area contributed by atoms with Crippen molar-refractivity contribution in [1.82, 2.24) is 0 Å². The number of anilines is 1. The highest BCUT2D eigenvalue weighted by atomic mass is 79.9. The minimum atomic E-state index is -0.992. The lowest BCUT2D eigenvalue weighted by Gasteiger charge is -2.25. The van der Waals surface area contributed by atoms with Crippen LogP contribution in [0.5, 0.6) is 0 Å². The third-order valence-electron chi connectivity index (χ3n) is 3.29. The molecule has 2 N–H and O–H groups in total. The maximum Gasteiger partial charge on any atom is 0.137 e. The first kappa shape index (κ1) is 15.0. The Kier molecular flexibility index (Phi) is 4.45. The fourth-order valence-electron chi connectivity index (χ4n) is 2.00. The number of hydrogen-bond acceptors (Lipinski definition) is 2. The Hall–Kier alpha value is -1.39. The van der Waals surface area contributed by atoms with Crippen LogP contribution in [-0.4, -0.2) is 11.7 Å². The van der Waals surface area contributed by atoms with Crippen LogP contribution in [0.1, 0.15) is 18.1 Å². The van der Waals surface area contributed by atoms with E-state index in [4.69, 9.17) is 0 Å². The van der Waals surface area contributed by atoms with Crippen molar-refractivity contribution in [2.45, 2.75) is 19.4 Å². The van der Waals surface area contributed by atoms with Gasteiger partial charge in [-0.3, -0.25) is 0 Å². The predicted molar refractivity (Wildman–Crippen MR) is 83.3 cm³/mol. The lowest BCUT2D eigenvalue weighted by Crippen LogP contribution is -2.30. The molecule has 106 valence electrons. The monoisotopic (exact) mass is 337 g/mol. The van der Waals surface area contributed by atoms with Crippen LogP contribution < -0.4 is 5.32 Å². The molecule has 0 bridgehead atoms. The van der Waals surface area contributed by atoms with Crippen LogP contribution in [0.2, 0.25) is 0 Å². The molecule has 0 amide bonds. The molecule has 0 aliphatic heterocycles. The molecule has 4 heteroatoms. The van der Waals surface area contributed by atoms with Crippen molar-refractivity contribution >= 4 is 21.6 Å². The fourth-order valence-corrected chi connectivity index (χ4v) is 2.35. The Labute approximate surface area is 126 Å². The van der Waals surface area contributed by atoms with Crippen molar-refractivity contribution < 1.29 is 9.50 Å². The van der Waals surface area contributed by atoms with Gasteiger partial charge in [0, 0.05) is 12.2 Å². The second kappa shape index (κ2) is 5.94. The number of halogens is 2. The van der Waals surface area contributed by atoms with Gasteiger partial charge in [-0.15, -0.1) is 0 Å². The molecule has 0 fully saturated rings. The largest absolute Gasteiger partial charge is 0.384 e. The summed E-state index contributed by atoms with van der Waals surface area (Å²) >= 11 is 3.17. The summed E-state index contributed by atoms with van der Waals surface area (Å²) in [4.78, 5) is 0. The molecule has 0 heterocycles. The van der Waals surface area contributed by atoms with Crippen LogP contribution >= 0.6 is 15.9 Å². The number of rotatable bonds is 4. The Morgan fingerprint density at radius 3 is 2.55 bits per heavy atom. The van der Waals surface area contributed by atoms with Gasteiger partial charge in [-0.1, -0.05) is 30.3 Å². The molecule has 1 unspecified atom stereocenters. The quantitative estimate of drug-likeness (QED) is 0.875. The maximum atomic E-state index is 13.4. The van der Waals surface area contributed by atoms with E-state index in [1.807, 2.05) is 37.3 Å². The van der Waals surface area contributed by atoms with Crippen molar-refractivity contribution in [1.29, 1.82) is 0 Å². The molecular formula is C16H17BrFNO. The van der Waals surface area contributed by atoms with Crippen molar-refractivity contribution in [2.24, 2.45) is 0 Å². The van der Waals surface area contributed by atoms with Gasteiger partial charge in [0.1, 0.15) is 11.4 Å². The third kappa shape index (κ3) is 3.38. The van der Waals surface area contributed by atoms with Crippen LogP contribution in [0.25, 0.3) is 0 Å². The summed E-state index contributed by atoms with van der Waals surface area (Å²) in [6.45, 7) is 3.92. The number of aryl methyl sites for hydroxylation is 1. The second-order valence-corrected chi connectivity index (χ2v) is 5.93. The Morgan fingerprint density at radius 2 is 1.90 bits per heavy atom. The second-order valence-electron chi connectivity index (χ2n) is 5.07. The molecule has 0 radical (unpaired) electrons. The van der Waals surface area contributed by atoms with Gasteiger partial charge in [0.05, 0.1) is 4.47 Å². The number of nitrogens with one attached hydrogen (secondary N) is 1. The van der Waals surface area contributed by atoms with Gasteiger partial charge < -0.3 is 10.4 Å². The Balaban J connectivity index is 2.14. The fraction of sp³-hybridized carbons (Fsp3) is 0.250. The molecular weight excluding hydrogens is 321 g/mol. The lowest BCUT2D eigenvalue weighted by molar-refractivity contribution is 0.0715. The van der Waals surface area contributed by atoms with Crippen LogP contribution in [0.4, 0.5) is 10.1 Å². The van der Waals surface area contributed by atoms with Gasteiger partial charge in [0.2, 0.25) is 0 Å². The molecule has 20 heavy (non-hydrogen) atoms. The molecule has 2 rings (SSSR count). The molecule has 0 saturated carbocycles. The third-order valence-corrected chi connectivity index (χ3v) is 3.89. The van der Waals surface area contributed by atoms with E-state index in [0.29, 0.717) is 11.0 Å². The number of benzene rings is 2. The minimum Gasteiger partial charge on any atom is -0.384 e. The molecule has 2 aromatic carbocycles. The van der Waals surface area contributed by atoms with Gasteiger partial charge >= 0.3 is 0 Å². The smallest absolute Gasteiger partial charge is 0.137 e. The summed E-state index contributed by atoms with van der Waals surface area (Å²) in [7, 11) is 0. The van der Waals surface area contributed by atoms with E-state index >= 15 is 0 Å². The normalized spacial score (nSPS) is 13.8. The lowest BCUT2D eigenvalue weighted by atomic mass is 9.96. The van der Waals surface area contributed by atoms with Gasteiger partial charge in [-0.2, -0.15) is 0 Å². The summed E-state index contributed by atoms with van der Waals surface area (Å²) in [5, 5.41) is 13.7. The summed E-state index contributed by atoms with van der Waals surface area (Å²) < 4.78 is 13.8. The number of hydrogen-bond donors (Lipinski definition) is 2. The van der Waals surface area contributed by atoms with Crippen molar-refractivity contribution in [3.63, 3.8) is 0 Å². The standard InChI is InChI=1S/C16H17BrFNO/c1-11-8-14(18)13(17)9-15(11)19-10-16(2,20)12-6-4-3-5-7-12/h3-9,19-20H,10H2,1-2H3. The number of aliphatic hydroxyl groups is 1. The predicted octanol–water partition coefficient (Wildman–Crippen LogP) is 4.22. The van der Waals surface area contributed by atoms with Crippen LogP contribution in [0.15, 0.2) is 46.9 Å². The van der Waals surface area contributed by atoms with Crippen molar-refractivity contribution in [2.75, 3.05) is 11.9 Å². The first-order chi connectivity index (χ1) is 9.40. The molecule has 0 saturated heterocycles. The summed E-state index contributed by atoms with van der Waals surface area (Å²) in [5.41, 5.74) is 1.45. The Bertz CT molecular complexity index is 599. The molecule has 0 aliphatic rings. The molecule has 2 aromatic rings. The highest BCUT2D eigenvalue weighted by Gasteiger charge is 2.22. The zero-order chi connectivity index (χ0) is 14.8. The minimum absolute atomic E-state index is 0.289. The summed E-state index contributed by atoms with van der Waals surface area (Å²) in [6.07, 6.45) is 0. The van der Waals surface area contributed by atoms with E-state index < -0.39 is 5.60 Å². The molecule has 2 nitrogen and oxygen atoms in total. The van der Waals surface area contributed by atoms with Crippen LogP contribution in [0.3, 0.4) is 0 Å². The first-order valence-corrected chi connectivity index (χ1v) is 7.17. The van der Waals surface area contributed by atoms with E-state index in [0.717, 1.165) is 16.8 Å². The molecule has 0 aromatic heterocycles. The van der Waals surface area contributed by atoms with Gasteiger partial charge in [0.15, 0.2) is 0 Å². The van der Waals surface area contributed by atoms with E-state index in [-0.39, 0.29) is 5.82 Å². The van der Waals surface area contributed by atoms with Gasteiger partial charge in [-0.05, 0) is 53.0 Å². The molecule has 0 spiro atoms.